The van der Waals surface area contributed by atoms with Gasteiger partial charge in [-0.3, -0.25) is 0 Å². The zero-order chi connectivity index (χ0) is 14.3. The van der Waals surface area contributed by atoms with E-state index in [0.717, 1.165) is 12.8 Å². The lowest BCUT2D eigenvalue weighted by Gasteiger charge is -2.25. The van der Waals surface area contributed by atoms with Crippen molar-refractivity contribution in [2.24, 2.45) is 5.92 Å². The number of hydrogen-bond donors (Lipinski definition) is 3. The number of urea groups is 1. The average molecular weight is 272 g/mol. The lowest BCUT2D eigenvalue weighted by atomic mass is 9.98. The highest BCUT2D eigenvalue weighted by Crippen LogP contribution is 2.29. The van der Waals surface area contributed by atoms with Crippen LogP contribution in [0.1, 0.15) is 39.5 Å². The third kappa shape index (κ3) is 5.06. The first kappa shape index (κ1) is 15.8. The lowest BCUT2D eigenvalue weighted by molar-refractivity contribution is -0.144. The topological polar surface area (TPSA) is 87.7 Å². The van der Waals surface area contributed by atoms with E-state index >= 15 is 0 Å². The molecule has 1 rings (SSSR count). The van der Waals surface area contributed by atoms with Gasteiger partial charge in [0.05, 0.1) is 6.61 Å². The second-order valence-corrected chi connectivity index (χ2v) is 5.44. The number of nitrogens with one attached hydrogen (secondary N) is 2. The Morgan fingerprint density at radius 2 is 1.95 bits per heavy atom. The molecule has 0 aromatic rings. The minimum Gasteiger partial charge on any atom is -0.480 e. The van der Waals surface area contributed by atoms with Crippen molar-refractivity contribution in [2.45, 2.75) is 45.1 Å². The van der Waals surface area contributed by atoms with Crippen LogP contribution in [0.4, 0.5) is 4.79 Å². The van der Waals surface area contributed by atoms with E-state index in [9.17, 15) is 14.7 Å². The van der Waals surface area contributed by atoms with Gasteiger partial charge in [-0.2, -0.15) is 0 Å². The first-order valence-corrected chi connectivity index (χ1v) is 6.83. The van der Waals surface area contributed by atoms with Gasteiger partial charge in [0.2, 0.25) is 0 Å². The highest BCUT2D eigenvalue weighted by molar-refractivity contribution is 5.86. The smallest absolute Gasteiger partial charge is 0.329 e. The zero-order valence-electron chi connectivity index (χ0n) is 11.7. The molecule has 1 saturated carbocycles. The maximum Gasteiger partial charge on any atom is 0.329 e. The molecule has 0 aromatic carbocycles. The number of carbonyl (C=O) groups excluding carboxylic acids is 1. The number of ether oxygens (including phenoxy) is 1. The van der Waals surface area contributed by atoms with Gasteiger partial charge in [0.15, 0.2) is 0 Å². The molecule has 2 amide bonds. The van der Waals surface area contributed by atoms with E-state index in [0.29, 0.717) is 38.5 Å². The van der Waals surface area contributed by atoms with Gasteiger partial charge >= 0.3 is 12.0 Å². The molecule has 6 nitrogen and oxygen atoms in total. The van der Waals surface area contributed by atoms with Gasteiger partial charge < -0.3 is 20.5 Å². The number of rotatable bonds is 7. The first-order valence-electron chi connectivity index (χ1n) is 6.83. The molecule has 1 aliphatic carbocycles. The molecule has 0 radical (unpaired) electrons. The predicted octanol–water partition coefficient (Wildman–Crippen LogP) is 1.36. The summed E-state index contributed by atoms with van der Waals surface area (Å²) < 4.78 is 5.33. The Bertz CT molecular complexity index is 312. The van der Waals surface area contributed by atoms with Gasteiger partial charge in [0, 0.05) is 13.2 Å². The Hall–Kier alpha value is -1.30. The normalized spacial score (nSPS) is 17.4. The van der Waals surface area contributed by atoms with Crippen LogP contribution >= 0.6 is 0 Å². The summed E-state index contributed by atoms with van der Waals surface area (Å²) in [4.78, 5) is 22.9. The maximum absolute atomic E-state index is 11.7. The number of amides is 2. The van der Waals surface area contributed by atoms with Crippen LogP contribution in [0, 0.1) is 5.92 Å². The largest absolute Gasteiger partial charge is 0.480 e. The van der Waals surface area contributed by atoms with Gasteiger partial charge in [0.1, 0.15) is 5.54 Å². The third-order valence-electron chi connectivity index (χ3n) is 3.20. The van der Waals surface area contributed by atoms with Crippen molar-refractivity contribution in [1.82, 2.24) is 10.6 Å². The van der Waals surface area contributed by atoms with Crippen LogP contribution in [0.25, 0.3) is 0 Å². The van der Waals surface area contributed by atoms with E-state index in [1.54, 1.807) is 0 Å². The fraction of sp³-hybridized carbons (Fsp3) is 0.846. The van der Waals surface area contributed by atoms with Crippen molar-refractivity contribution >= 4 is 12.0 Å². The van der Waals surface area contributed by atoms with Gasteiger partial charge in [-0.1, -0.05) is 26.7 Å². The standard InChI is InChI=1S/C13H24N2O4/c1-10(2)9-19-8-7-14-12(18)15-13(11(16)17)5-3-4-6-13/h10H,3-9H2,1-2H3,(H,16,17)(H2,14,15,18). The predicted molar refractivity (Wildman–Crippen MR) is 71.0 cm³/mol. The Labute approximate surface area is 113 Å². The molecule has 19 heavy (non-hydrogen) atoms. The molecular formula is C13H24N2O4. The Morgan fingerprint density at radius 1 is 1.32 bits per heavy atom. The molecule has 1 aliphatic rings. The lowest BCUT2D eigenvalue weighted by Crippen LogP contribution is -2.55. The molecule has 0 heterocycles. The highest BCUT2D eigenvalue weighted by Gasteiger charge is 2.42. The van der Waals surface area contributed by atoms with Crippen molar-refractivity contribution in [2.75, 3.05) is 19.8 Å². The van der Waals surface area contributed by atoms with Crippen molar-refractivity contribution in [3.63, 3.8) is 0 Å². The minimum absolute atomic E-state index is 0.383. The van der Waals surface area contributed by atoms with E-state index < -0.39 is 17.5 Å². The number of carboxylic acid groups (broad SMARTS) is 1. The quantitative estimate of drug-likeness (QED) is 0.611. The molecular weight excluding hydrogens is 248 g/mol. The second-order valence-electron chi connectivity index (χ2n) is 5.44. The fourth-order valence-electron chi connectivity index (χ4n) is 2.19. The van der Waals surface area contributed by atoms with Crippen molar-refractivity contribution in [3.05, 3.63) is 0 Å². The summed E-state index contributed by atoms with van der Waals surface area (Å²) in [5.74, 6) is -0.487. The van der Waals surface area contributed by atoms with Crippen LogP contribution in [-0.2, 0) is 9.53 Å². The Balaban J connectivity index is 2.24. The molecule has 0 unspecified atom stereocenters. The summed E-state index contributed by atoms with van der Waals surface area (Å²) in [6.45, 7) is 5.58. The number of aliphatic carboxylic acids is 1. The van der Waals surface area contributed by atoms with E-state index in [-0.39, 0.29) is 0 Å². The van der Waals surface area contributed by atoms with E-state index in [1.165, 1.54) is 0 Å². The second kappa shape index (κ2) is 7.33. The SMILES string of the molecule is CC(C)COCCNC(=O)NC1(C(=O)O)CCCC1. The molecule has 0 aromatic heterocycles. The van der Waals surface area contributed by atoms with Gasteiger partial charge in [0.25, 0.3) is 0 Å². The number of carbonyl (C=O) groups is 2. The van der Waals surface area contributed by atoms with Crippen LogP contribution < -0.4 is 10.6 Å². The average Bonchev–Trinajstić information content (AvgIpc) is 2.78. The van der Waals surface area contributed by atoms with E-state index in [2.05, 4.69) is 24.5 Å². The molecule has 0 aliphatic heterocycles. The zero-order valence-corrected chi connectivity index (χ0v) is 11.7. The molecule has 110 valence electrons. The van der Waals surface area contributed by atoms with Gasteiger partial charge in [-0.05, 0) is 18.8 Å². The Kier molecular flexibility index (Phi) is 6.08. The molecule has 1 fully saturated rings. The number of hydrogen-bond acceptors (Lipinski definition) is 3. The molecule has 0 bridgehead atoms. The third-order valence-corrected chi connectivity index (χ3v) is 3.20. The summed E-state index contributed by atoms with van der Waals surface area (Å²) in [5.41, 5.74) is -1.08. The monoisotopic (exact) mass is 272 g/mol. The molecule has 0 spiro atoms. The molecule has 3 N–H and O–H groups in total. The molecule has 0 saturated heterocycles. The summed E-state index contributed by atoms with van der Waals surface area (Å²) >= 11 is 0. The molecule has 6 heteroatoms. The number of carboxylic acids is 1. The summed E-state index contributed by atoms with van der Waals surface area (Å²) in [6, 6.07) is -0.433. The van der Waals surface area contributed by atoms with Crippen LogP contribution in [0.5, 0.6) is 0 Å². The summed E-state index contributed by atoms with van der Waals surface area (Å²) in [7, 11) is 0. The van der Waals surface area contributed by atoms with Gasteiger partial charge in [-0.15, -0.1) is 0 Å². The first-order chi connectivity index (χ1) is 8.96. The van der Waals surface area contributed by atoms with Crippen LogP contribution in [-0.4, -0.2) is 42.4 Å². The van der Waals surface area contributed by atoms with Crippen LogP contribution in [0.3, 0.4) is 0 Å². The fourth-order valence-corrected chi connectivity index (χ4v) is 2.19. The molecule has 0 atom stereocenters. The van der Waals surface area contributed by atoms with Crippen LogP contribution in [0.2, 0.25) is 0 Å². The van der Waals surface area contributed by atoms with E-state index in [4.69, 9.17) is 4.74 Å². The Morgan fingerprint density at radius 3 is 2.47 bits per heavy atom. The van der Waals surface area contributed by atoms with Crippen LogP contribution in [0.15, 0.2) is 0 Å². The summed E-state index contributed by atoms with van der Waals surface area (Å²) in [6.07, 6.45) is 2.67. The van der Waals surface area contributed by atoms with Crippen molar-refractivity contribution in [3.8, 4) is 0 Å². The summed E-state index contributed by atoms with van der Waals surface area (Å²) in [5, 5.41) is 14.4. The minimum atomic E-state index is -1.08. The highest BCUT2D eigenvalue weighted by atomic mass is 16.5. The van der Waals surface area contributed by atoms with Crippen molar-refractivity contribution in [1.29, 1.82) is 0 Å². The van der Waals surface area contributed by atoms with Crippen molar-refractivity contribution < 1.29 is 19.4 Å². The van der Waals surface area contributed by atoms with Gasteiger partial charge in [-0.25, -0.2) is 9.59 Å². The van der Waals surface area contributed by atoms with E-state index in [1.807, 2.05) is 0 Å². The maximum atomic E-state index is 11.7.